The average Bonchev–Trinajstić information content (AvgIpc) is 3.69. The largest absolute Gasteiger partial charge is 0.494 e. The van der Waals surface area contributed by atoms with Gasteiger partial charge in [-0.15, -0.1) is 11.3 Å². The van der Waals surface area contributed by atoms with Crippen LogP contribution in [0.3, 0.4) is 0 Å². The van der Waals surface area contributed by atoms with Crippen LogP contribution in [0.15, 0.2) is 41.8 Å². The quantitative estimate of drug-likeness (QED) is 0.173. The Bertz CT molecular complexity index is 1200. The molecule has 1 spiro atoms. The third-order valence-electron chi connectivity index (χ3n) is 6.93. The molecule has 2 fully saturated rings. The van der Waals surface area contributed by atoms with Gasteiger partial charge in [-0.3, -0.25) is 19.8 Å². The van der Waals surface area contributed by atoms with E-state index in [1.807, 2.05) is 44.2 Å². The normalized spacial score (nSPS) is 18.6. The highest BCUT2D eigenvalue weighted by Crippen LogP contribution is 2.36. The summed E-state index contributed by atoms with van der Waals surface area (Å²) in [7, 11) is 0. The smallest absolute Gasteiger partial charge is 0.243 e. The number of ether oxygens (including phenoxy) is 3. The Kier molecular flexibility index (Phi) is 9.77. The molecule has 40 heavy (non-hydrogen) atoms. The number of rotatable bonds is 12. The van der Waals surface area contributed by atoms with Crippen molar-refractivity contribution in [3.8, 4) is 5.75 Å². The molecule has 5 N–H and O–H groups in total. The van der Waals surface area contributed by atoms with Gasteiger partial charge in [0, 0.05) is 28.7 Å². The van der Waals surface area contributed by atoms with E-state index in [4.69, 9.17) is 25.4 Å². The second-order valence-corrected chi connectivity index (χ2v) is 11.2. The Labute approximate surface area is 237 Å². The van der Waals surface area contributed by atoms with Gasteiger partial charge in [-0.2, -0.15) is 0 Å². The number of nitrogens with zero attached hydrogens (tertiary/aromatic N) is 1. The van der Waals surface area contributed by atoms with Crippen molar-refractivity contribution in [1.82, 2.24) is 15.5 Å². The molecule has 0 bridgehead atoms. The van der Waals surface area contributed by atoms with Crippen LogP contribution in [0.2, 0.25) is 0 Å². The minimum Gasteiger partial charge on any atom is -0.494 e. The summed E-state index contributed by atoms with van der Waals surface area (Å²) >= 11 is 1.42. The Morgan fingerprint density at radius 2 is 1.95 bits per heavy atom. The number of hydrogen-bond acceptors (Lipinski definition) is 8. The van der Waals surface area contributed by atoms with E-state index in [-0.39, 0.29) is 61.4 Å². The second kappa shape index (κ2) is 13.2. The Morgan fingerprint density at radius 1 is 1.23 bits per heavy atom. The molecule has 0 saturated carbocycles. The van der Waals surface area contributed by atoms with Crippen LogP contribution in [0.25, 0.3) is 0 Å². The van der Waals surface area contributed by atoms with Gasteiger partial charge in [0.2, 0.25) is 17.7 Å². The maximum atomic E-state index is 13.6. The van der Waals surface area contributed by atoms with Gasteiger partial charge in [0.15, 0.2) is 5.79 Å². The van der Waals surface area contributed by atoms with Crippen molar-refractivity contribution >= 4 is 34.9 Å². The van der Waals surface area contributed by atoms with Crippen molar-refractivity contribution in [2.24, 2.45) is 11.7 Å². The molecule has 11 nitrogen and oxygen atoms in total. The number of para-hydroxylation sites is 1. The molecule has 0 radical (unpaired) electrons. The van der Waals surface area contributed by atoms with Gasteiger partial charge in [0.1, 0.15) is 17.6 Å². The standard InChI is InChI=1S/C28H37N5O6S/c1-18(2)25(22-13-19(16-40-22)26(29)30)32-27(36)21-14-28(38-11-12-39-28)17-33(21)24(35)15-31-23(34)9-6-10-37-20-7-4-3-5-8-20/h3-5,7-8,13,16,18,21,25H,6,9-12,14-15,17H2,1-2H3,(H3,29,30)(H,31,34)(H,32,36)/t21-,25?/m0/s1. The number of likely N-dealkylation sites (tertiary alicyclic amines) is 1. The van der Waals surface area contributed by atoms with E-state index in [1.165, 1.54) is 16.2 Å². The zero-order valence-electron chi connectivity index (χ0n) is 22.8. The van der Waals surface area contributed by atoms with Gasteiger partial charge in [-0.1, -0.05) is 32.0 Å². The lowest BCUT2D eigenvalue weighted by atomic mass is 10.0. The summed E-state index contributed by atoms with van der Waals surface area (Å²) in [6.45, 7) is 4.99. The fourth-order valence-corrected chi connectivity index (χ4v) is 5.95. The molecule has 2 saturated heterocycles. The minimum absolute atomic E-state index is 0.0351. The van der Waals surface area contributed by atoms with Crippen molar-refractivity contribution in [1.29, 1.82) is 5.41 Å². The van der Waals surface area contributed by atoms with E-state index in [2.05, 4.69) is 10.6 Å². The van der Waals surface area contributed by atoms with Crippen molar-refractivity contribution in [3.05, 3.63) is 52.2 Å². The van der Waals surface area contributed by atoms with E-state index in [0.29, 0.717) is 31.8 Å². The topological polar surface area (TPSA) is 156 Å². The Morgan fingerprint density at radius 3 is 2.60 bits per heavy atom. The summed E-state index contributed by atoms with van der Waals surface area (Å²) in [5.41, 5.74) is 6.23. The first-order valence-electron chi connectivity index (χ1n) is 13.4. The maximum absolute atomic E-state index is 13.6. The predicted molar refractivity (Wildman–Crippen MR) is 150 cm³/mol. The molecule has 12 heteroatoms. The van der Waals surface area contributed by atoms with Crippen LogP contribution in [0.5, 0.6) is 5.75 Å². The molecule has 216 valence electrons. The van der Waals surface area contributed by atoms with Crippen LogP contribution in [-0.4, -0.2) is 73.2 Å². The number of carbonyl (C=O) groups excluding carboxylic acids is 3. The Hall–Kier alpha value is -3.48. The number of amides is 3. The molecule has 2 atom stereocenters. The first-order valence-corrected chi connectivity index (χ1v) is 14.3. The number of nitrogens with one attached hydrogen (secondary N) is 3. The van der Waals surface area contributed by atoms with Crippen LogP contribution in [0.1, 0.15) is 49.6 Å². The maximum Gasteiger partial charge on any atom is 0.243 e. The Balaban J connectivity index is 1.34. The lowest BCUT2D eigenvalue weighted by Gasteiger charge is -2.27. The molecule has 1 unspecified atom stereocenters. The highest BCUT2D eigenvalue weighted by molar-refractivity contribution is 7.10. The van der Waals surface area contributed by atoms with E-state index >= 15 is 0 Å². The molecule has 0 aliphatic carbocycles. The summed E-state index contributed by atoms with van der Waals surface area (Å²) in [5, 5.41) is 15.2. The van der Waals surface area contributed by atoms with E-state index in [1.54, 1.807) is 11.4 Å². The highest BCUT2D eigenvalue weighted by atomic mass is 32.1. The summed E-state index contributed by atoms with van der Waals surface area (Å²) in [6.07, 6.45) is 0.904. The number of thiophene rings is 1. The molecular formula is C28H37N5O6S. The number of amidine groups is 1. The van der Waals surface area contributed by atoms with Gasteiger partial charge in [-0.25, -0.2) is 0 Å². The zero-order valence-corrected chi connectivity index (χ0v) is 23.6. The van der Waals surface area contributed by atoms with Crippen molar-refractivity contribution < 1.29 is 28.6 Å². The summed E-state index contributed by atoms with van der Waals surface area (Å²) < 4.78 is 17.3. The summed E-state index contributed by atoms with van der Waals surface area (Å²) in [5.74, 6) is -1.27. The SMILES string of the molecule is CC(C)C(NC(=O)[C@@H]1CC2(CN1C(=O)CNC(=O)CCCOc1ccccc1)OCCO2)c1cc(C(=N)N)cs1. The number of nitrogens with two attached hydrogens (primary N) is 1. The van der Waals surface area contributed by atoms with Gasteiger partial charge in [0.05, 0.1) is 39.0 Å². The second-order valence-electron chi connectivity index (χ2n) is 10.3. The summed E-state index contributed by atoms with van der Waals surface area (Å²) in [6, 6.07) is 9.99. The highest BCUT2D eigenvalue weighted by Gasteiger charge is 2.52. The number of nitrogen functional groups attached to an aromatic ring is 1. The third kappa shape index (κ3) is 7.38. The van der Waals surface area contributed by atoms with Crippen LogP contribution in [-0.2, 0) is 23.9 Å². The fourth-order valence-electron chi connectivity index (χ4n) is 4.82. The molecule has 2 aromatic rings. The van der Waals surface area contributed by atoms with Crippen LogP contribution >= 0.6 is 11.3 Å². The molecule has 3 amide bonds. The third-order valence-corrected chi connectivity index (χ3v) is 7.94. The van der Waals surface area contributed by atoms with Gasteiger partial charge < -0.3 is 35.5 Å². The van der Waals surface area contributed by atoms with Gasteiger partial charge in [-0.05, 0) is 30.5 Å². The zero-order chi connectivity index (χ0) is 28.7. The van der Waals surface area contributed by atoms with Crippen molar-refractivity contribution in [3.63, 3.8) is 0 Å². The summed E-state index contributed by atoms with van der Waals surface area (Å²) in [4.78, 5) is 41.5. The van der Waals surface area contributed by atoms with Crippen LogP contribution < -0.4 is 21.1 Å². The number of carbonyl (C=O) groups is 3. The van der Waals surface area contributed by atoms with Crippen molar-refractivity contribution in [2.45, 2.75) is 51.0 Å². The fraction of sp³-hybridized carbons (Fsp3) is 0.500. The first kappa shape index (κ1) is 29.5. The number of benzene rings is 1. The van der Waals surface area contributed by atoms with E-state index in [9.17, 15) is 14.4 Å². The minimum atomic E-state index is -1.03. The van der Waals surface area contributed by atoms with Crippen LogP contribution in [0, 0.1) is 11.3 Å². The molecule has 2 aliphatic heterocycles. The molecule has 1 aromatic carbocycles. The van der Waals surface area contributed by atoms with Crippen LogP contribution in [0.4, 0.5) is 0 Å². The van der Waals surface area contributed by atoms with Gasteiger partial charge >= 0.3 is 0 Å². The van der Waals surface area contributed by atoms with E-state index < -0.39 is 11.8 Å². The molecule has 4 rings (SSSR count). The average molecular weight is 572 g/mol. The first-order chi connectivity index (χ1) is 19.2. The molecular weight excluding hydrogens is 534 g/mol. The van der Waals surface area contributed by atoms with Crippen molar-refractivity contribution in [2.75, 3.05) is 32.9 Å². The van der Waals surface area contributed by atoms with Gasteiger partial charge in [0.25, 0.3) is 0 Å². The monoisotopic (exact) mass is 571 g/mol. The number of hydrogen-bond donors (Lipinski definition) is 4. The lowest BCUT2D eigenvalue weighted by Crippen LogP contribution is -2.50. The van der Waals surface area contributed by atoms with E-state index in [0.717, 1.165) is 10.6 Å². The molecule has 1 aromatic heterocycles. The molecule has 2 aliphatic rings. The predicted octanol–water partition coefficient (Wildman–Crippen LogP) is 2.16. The lowest BCUT2D eigenvalue weighted by molar-refractivity contribution is -0.152. The molecule has 3 heterocycles.